The molecule has 0 aliphatic carbocycles. The Bertz CT molecular complexity index is 1460. The number of amides is 1. The Morgan fingerprint density at radius 2 is 1.84 bits per heavy atom. The molecule has 2 N–H and O–H groups in total. The Morgan fingerprint density at radius 1 is 0.968 bits per heavy atom. The highest BCUT2D eigenvalue weighted by atomic mass is 35.5. The van der Waals surface area contributed by atoms with Crippen LogP contribution >= 0.6 is 23.2 Å². The van der Waals surface area contributed by atoms with Gasteiger partial charge in [0.05, 0.1) is 11.0 Å². The zero-order valence-electron chi connectivity index (χ0n) is 16.3. The number of pyridine rings is 1. The van der Waals surface area contributed by atoms with E-state index in [1.165, 1.54) is 0 Å². The number of halogens is 2. The van der Waals surface area contributed by atoms with Crippen LogP contribution in [-0.2, 0) is 6.54 Å². The van der Waals surface area contributed by atoms with Gasteiger partial charge in [-0.05, 0) is 47.5 Å². The first-order chi connectivity index (χ1) is 15.0. The lowest BCUT2D eigenvalue weighted by atomic mass is 10.0. The molecule has 4 nitrogen and oxygen atoms in total. The van der Waals surface area contributed by atoms with Gasteiger partial charge in [0.2, 0.25) is 5.91 Å². The van der Waals surface area contributed by atoms with Gasteiger partial charge in [0.15, 0.2) is 0 Å². The number of rotatable bonds is 4. The van der Waals surface area contributed by atoms with E-state index in [1.807, 2.05) is 54.7 Å². The first-order valence-electron chi connectivity index (χ1n) is 9.72. The number of hydrogen-bond acceptors (Lipinski definition) is 2. The van der Waals surface area contributed by atoms with Crippen LogP contribution in [0.25, 0.3) is 32.9 Å². The molecule has 0 atom stereocenters. The number of aromatic nitrogens is 2. The largest absolute Gasteiger partial charge is 0.366 e. The van der Waals surface area contributed by atoms with Crippen molar-refractivity contribution >= 4 is 50.9 Å². The summed E-state index contributed by atoms with van der Waals surface area (Å²) in [6, 6.07) is 21.2. The molecule has 5 aromatic rings. The van der Waals surface area contributed by atoms with Crippen molar-refractivity contribution in [1.82, 2.24) is 9.55 Å². The lowest BCUT2D eigenvalue weighted by Crippen LogP contribution is -2.11. The van der Waals surface area contributed by atoms with Crippen LogP contribution in [0.1, 0.15) is 15.9 Å². The predicted molar refractivity (Wildman–Crippen MR) is 127 cm³/mol. The van der Waals surface area contributed by atoms with E-state index < -0.39 is 5.91 Å². The maximum atomic E-state index is 12.2. The summed E-state index contributed by atoms with van der Waals surface area (Å²) in [5, 5.41) is 2.98. The zero-order chi connectivity index (χ0) is 21.5. The molecule has 0 unspecified atom stereocenters. The standard InChI is InChI=1S/C25H17Cl2N3O/c26-17-7-9-18(21(27)12-17)16-6-8-19-23(11-16)30(14-15-3-2-10-29-13-15)22-5-1-4-20(24(19)22)25(28)31/h1-13H,14H2,(H2,28,31). The molecule has 0 saturated heterocycles. The SMILES string of the molecule is NC(=O)c1cccc2c1c1ccc(-c3ccc(Cl)cc3Cl)cc1n2Cc1cccnc1. The van der Waals surface area contributed by atoms with Gasteiger partial charge in [0.1, 0.15) is 0 Å². The van der Waals surface area contributed by atoms with Crippen LogP contribution in [-0.4, -0.2) is 15.5 Å². The molecule has 5 rings (SSSR count). The second-order valence-electron chi connectivity index (χ2n) is 7.37. The summed E-state index contributed by atoms with van der Waals surface area (Å²) >= 11 is 12.5. The van der Waals surface area contributed by atoms with Crippen LogP contribution < -0.4 is 5.73 Å². The van der Waals surface area contributed by atoms with Crippen LogP contribution in [0.15, 0.2) is 79.1 Å². The number of nitrogens with two attached hydrogens (primary N) is 1. The van der Waals surface area contributed by atoms with E-state index >= 15 is 0 Å². The van der Waals surface area contributed by atoms with Crippen LogP contribution in [0.4, 0.5) is 0 Å². The average Bonchev–Trinajstić information content (AvgIpc) is 3.07. The average molecular weight is 446 g/mol. The van der Waals surface area contributed by atoms with Gasteiger partial charge in [0.25, 0.3) is 0 Å². The van der Waals surface area contributed by atoms with E-state index in [-0.39, 0.29) is 0 Å². The van der Waals surface area contributed by atoms with E-state index in [1.54, 1.807) is 18.3 Å². The Morgan fingerprint density at radius 3 is 2.58 bits per heavy atom. The number of carbonyl (C=O) groups excluding carboxylic acids is 1. The van der Waals surface area contributed by atoms with Crippen molar-refractivity contribution in [3.05, 3.63) is 100 Å². The lowest BCUT2D eigenvalue weighted by molar-refractivity contribution is 0.100. The quantitative estimate of drug-likeness (QED) is 0.352. The van der Waals surface area contributed by atoms with Gasteiger partial charge in [-0.15, -0.1) is 0 Å². The van der Waals surface area contributed by atoms with Crippen molar-refractivity contribution in [1.29, 1.82) is 0 Å². The molecule has 0 radical (unpaired) electrons. The maximum absolute atomic E-state index is 12.2. The molecule has 0 aliphatic heterocycles. The Hall–Kier alpha value is -3.34. The van der Waals surface area contributed by atoms with Crippen LogP contribution in [0.5, 0.6) is 0 Å². The topological polar surface area (TPSA) is 60.9 Å². The number of nitrogens with zero attached hydrogens (tertiary/aromatic N) is 2. The summed E-state index contributed by atoms with van der Waals surface area (Å²) in [6.45, 7) is 0.605. The summed E-state index contributed by atoms with van der Waals surface area (Å²) in [5.74, 6) is -0.448. The zero-order valence-corrected chi connectivity index (χ0v) is 17.9. The highest BCUT2D eigenvalue weighted by Crippen LogP contribution is 2.37. The molecule has 0 bridgehead atoms. The number of primary amides is 1. The minimum Gasteiger partial charge on any atom is -0.366 e. The third kappa shape index (κ3) is 3.44. The van der Waals surface area contributed by atoms with Crippen molar-refractivity contribution in [2.24, 2.45) is 5.73 Å². The second kappa shape index (κ2) is 7.73. The van der Waals surface area contributed by atoms with Crippen molar-refractivity contribution < 1.29 is 4.79 Å². The first kappa shape index (κ1) is 19.6. The highest BCUT2D eigenvalue weighted by molar-refractivity contribution is 6.36. The molecule has 3 aromatic carbocycles. The summed E-state index contributed by atoms with van der Waals surface area (Å²) in [6.07, 6.45) is 3.59. The molecular weight excluding hydrogens is 429 g/mol. The third-order valence-electron chi connectivity index (χ3n) is 5.46. The minimum absolute atomic E-state index is 0.448. The fourth-order valence-electron chi connectivity index (χ4n) is 4.09. The van der Waals surface area contributed by atoms with Gasteiger partial charge in [-0.2, -0.15) is 0 Å². The molecule has 0 fully saturated rings. The van der Waals surface area contributed by atoms with E-state index in [4.69, 9.17) is 28.9 Å². The number of fused-ring (bicyclic) bond motifs is 3. The van der Waals surface area contributed by atoms with Gasteiger partial charge >= 0.3 is 0 Å². The number of carbonyl (C=O) groups is 1. The molecule has 152 valence electrons. The summed E-state index contributed by atoms with van der Waals surface area (Å²) < 4.78 is 2.18. The summed E-state index contributed by atoms with van der Waals surface area (Å²) in [5.41, 5.74) is 11.0. The summed E-state index contributed by atoms with van der Waals surface area (Å²) in [7, 11) is 0. The molecule has 1 amide bonds. The van der Waals surface area contributed by atoms with Crippen LogP contribution in [0, 0.1) is 0 Å². The molecule has 6 heteroatoms. The fraction of sp³-hybridized carbons (Fsp3) is 0.0400. The number of benzene rings is 3. The predicted octanol–water partition coefficient (Wildman–Crippen LogP) is 6.31. The van der Waals surface area contributed by atoms with Gasteiger partial charge in [0, 0.05) is 50.9 Å². The van der Waals surface area contributed by atoms with E-state index in [0.29, 0.717) is 22.2 Å². The molecule has 2 heterocycles. The van der Waals surface area contributed by atoms with Crippen molar-refractivity contribution in [2.75, 3.05) is 0 Å². The first-order valence-corrected chi connectivity index (χ1v) is 10.5. The second-order valence-corrected chi connectivity index (χ2v) is 8.21. The molecule has 0 spiro atoms. The van der Waals surface area contributed by atoms with Gasteiger partial charge < -0.3 is 10.3 Å². The van der Waals surface area contributed by atoms with Crippen LogP contribution in [0.2, 0.25) is 10.0 Å². The van der Waals surface area contributed by atoms with Crippen LogP contribution in [0.3, 0.4) is 0 Å². The Balaban J connectivity index is 1.82. The maximum Gasteiger partial charge on any atom is 0.249 e. The molecule has 31 heavy (non-hydrogen) atoms. The Kier molecular flexibility index (Phi) is 4.89. The third-order valence-corrected chi connectivity index (χ3v) is 6.01. The molecule has 2 aromatic heterocycles. The normalized spacial score (nSPS) is 11.3. The van der Waals surface area contributed by atoms with Crippen molar-refractivity contribution in [3.8, 4) is 11.1 Å². The Labute approximate surface area is 188 Å². The monoisotopic (exact) mass is 445 g/mol. The van der Waals surface area contributed by atoms with E-state index in [0.717, 1.165) is 38.5 Å². The molecular formula is C25H17Cl2N3O. The van der Waals surface area contributed by atoms with Crippen molar-refractivity contribution in [3.63, 3.8) is 0 Å². The van der Waals surface area contributed by atoms with Gasteiger partial charge in [-0.1, -0.05) is 53.5 Å². The van der Waals surface area contributed by atoms with Gasteiger partial charge in [-0.25, -0.2) is 0 Å². The summed E-state index contributed by atoms with van der Waals surface area (Å²) in [4.78, 5) is 16.4. The fourth-order valence-corrected chi connectivity index (χ4v) is 4.60. The smallest absolute Gasteiger partial charge is 0.249 e. The van der Waals surface area contributed by atoms with E-state index in [9.17, 15) is 4.79 Å². The van der Waals surface area contributed by atoms with Crippen molar-refractivity contribution in [2.45, 2.75) is 6.54 Å². The molecule has 0 aliphatic rings. The lowest BCUT2D eigenvalue weighted by Gasteiger charge is -2.10. The van der Waals surface area contributed by atoms with E-state index in [2.05, 4.69) is 15.6 Å². The van der Waals surface area contributed by atoms with Gasteiger partial charge in [-0.3, -0.25) is 9.78 Å². The molecule has 0 saturated carbocycles. The highest BCUT2D eigenvalue weighted by Gasteiger charge is 2.17. The number of hydrogen-bond donors (Lipinski definition) is 1. The minimum atomic E-state index is -0.448.